The van der Waals surface area contributed by atoms with Crippen LogP contribution in [0.3, 0.4) is 0 Å². The maximum atomic E-state index is 12.7. The zero-order chi connectivity index (χ0) is 10.0. The van der Waals surface area contributed by atoms with Gasteiger partial charge in [0.05, 0.1) is 0 Å². The average Bonchev–Trinajstić information content (AvgIpc) is 2.62. The first-order chi connectivity index (χ1) is 6.77. The summed E-state index contributed by atoms with van der Waals surface area (Å²) in [6, 6.07) is 9.91. The molecule has 1 aromatic rings. The average molecular weight is 206 g/mol. The monoisotopic (exact) mass is 206 g/mol. The summed E-state index contributed by atoms with van der Waals surface area (Å²) >= 11 is 0. The predicted molar refractivity (Wildman–Crippen MR) is 61.8 cm³/mol. The first-order valence-corrected chi connectivity index (χ1v) is 7.04. The van der Waals surface area contributed by atoms with Crippen LogP contribution in [-0.4, -0.2) is 11.8 Å². The van der Waals surface area contributed by atoms with Crippen LogP contribution in [0.1, 0.15) is 13.3 Å². The Morgan fingerprint density at radius 1 is 1.36 bits per heavy atom. The molecule has 2 rings (SSSR count). The third-order valence-electron chi connectivity index (χ3n) is 2.88. The van der Waals surface area contributed by atoms with Gasteiger partial charge in [0.2, 0.25) is 0 Å². The molecule has 0 unspecified atom stereocenters. The maximum Gasteiger partial charge on any atom is 0.125 e. The van der Waals surface area contributed by atoms with Gasteiger partial charge in [-0.05, 0) is 6.42 Å². The summed E-state index contributed by atoms with van der Waals surface area (Å²) in [5.74, 6) is 0. The molecule has 0 aromatic heterocycles. The SMILES string of the molecule is CC[C@@H]1C=CC[P@@]1(=O)c1ccccc1. The minimum Gasteiger partial charge on any atom is -0.318 e. The number of benzene rings is 1. The molecule has 0 spiro atoms. The van der Waals surface area contributed by atoms with Crippen LogP contribution < -0.4 is 5.30 Å². The van der Waals surface area contributed by atoms with E-state index in [-0.39, 0.29) is 5.66 Å². The van der Waals surface area contributed by atoms with Crippen molar-refractivity contribution < 1.29 is 4.57 Å². The van der Waals surface area contributed by atoms with Gasteiger partial charge < -0.3 is 4.57 Å². The molecule has 1 aliphatic rings. The molecule has 1 heterocycles. The Morgan fingerprint density at radius 2 is 2.07 bits per heavy atom. The molecule has 1 aromatic carbocycles. The summed E-state index contributed by atoms with van der Waals surface area (Å²) in [5.41, 5.74) is 0.268. The van der Waals surface area contributed by atoms with Gasteiger partial charge in [0.25, 0.3) is 0 Å². The van der Waals surface area contributed by atoms with E-state index in [2.05, 4.69) is 19.1 Å². The Morgan fingerprint density at radius 3 is 2.71 bits per heavy atom. The van der Waals surface area contributed by atoms with Crippen LogP contribution in [0.2, 0.25) is 0 Å². The van der Waals surface area contributed by atoms with E-state index in [4.69, 9.17) is 0 Å². The van der Waals surface area contributed by atoms with Crippen molar-refractivity contribution >= 4 is 12.4 Å². The lowest BCUT2D eigenvalue weighted by Crippen LogP contribution is -2.13. The van der Waals surface area contributed by atoms with Crippen molar-refractivity contribution in [1.82, 2.24) is 0 Å². The molecule has 0 fully saturated rings. The highest BCUT2D eigenvalue weighted by molar-refractivity contribution is 7.72. The topological polar surface area (TPSA) is 17.1 Å². The van der Waals surface area contributed by atoms with E-state index in [0.29, 0.717) is 0 Å². The van der Waals surface area contributed by atoms with Crippen LogP contribution in [0.4, 0.5) is 0 Å². The molecular formula is C12H15OP. The van der Waals surface area contributed by atoms with Crippen molar-refractivity contribution in [3.63, 3.8) is 0 Å². The first-order valence-electron chi connectivity index (χ1n) is 5.08. The van der Waals surface area contributed by atoms with E-state index in [1.54, 1.807) is 0 Å². The number of hydrogen-bond acceptors (Lipinski definition) is 1. The third kappa shape index (κ3) is 1.46. The molecule has 2 heteroatoms. The Balaban J connectivity index is 2.39. The van der Waals surface area contributed by atoms with Crippen molar-refractivity contribution in [2.24, 2.45) is 0 Å². The van der Waals surface area contributed by atoms with Crippen LogP contribution >= 0.6 is 7.14 Å². The first kappa shape index (κ1) is 9.73. The number of allylic oxidation sites excluding steroid dienone is 2. The standard InChI is InChI=1S/C12H15OP/c1-2-11-9-6-10-14(11,13)12-7-4-3-5-8-12/h3-9,11H,2,10H2,1H3/t11-,14+/m1/s1. The maximum absolute atomic E-state index is 12.7. The molecule has 0 N–H and O–H groups in total. The number of hydrogen-bond donors (Lipinski definition) is 0. The smallest absolute Gasteiger partial charge is 0.125 e. The fourth-order valence-corrected chi connectivity index (χ4v) is 5.02. The largest absolute Gasteiger partial charge is 0.318 e. The zero-order valence-electron chi connectivity index (χ0n) is 8.39. The van der Waals surface area contributed by atoms with Crippen molar-refractivity contribution in [2.75, 3.05) is 6.16 Å². The Bertz CT molecular complexity index is 381. The summed E-state index contributed by atoms with van der Waals surface area (Å²) in [6.45, 7) is 2.11. The molecule has 2 atom stereocenters. The highest BCUT2D eigenvalue weighted by Crippen LogP contribution is 2.54. The summed E-state index contributed by atoms with van der Waals surface area (Å²) in [7, 11) is -2.14. The van der Waals surface area contributed by atoms with Crippen LogP contribution in [-0.2, 0) is 4.57 Å². The lowest BCUT2D eigenvalue weighted by atomic mass is 10.3. The fraction of sp³-hybridized carbons (Fsp3) is 0.333. The summed E-state index contributed by atoms with van der Waals surface area (Å²) in [6.07, 6.45) is 5.91. The quantitative estimate of drug-likeness (QED) is 0.537. The van der Waals surface area contributed by atoms with E-state index < -0.39 is 7.14 Å². The molecule has 1 nitrogen and oxygen atoms in total. The Hall–Kier alpha value is -0.810. The van der Waals surface area contributed by atoms with Gasteiger partial charge in [0.15, 0.2) is 0 Å². The fourth-order valence-electron chi connectivity index (χ4n) is 2.06. The van der Waals surface area contributed by atoms with Gasteiger partial charge >= 0.3 is 0 Å². The van der Waals surface area contributed by atoms with Gasteiger partial charge in [0.1, 0.15) is 7.14 Å². The van der Waals surface area contributed by atoms with Crippen LogP contribution in [0.15, 0.2) is 42.5 Å². The Labute approximate surface area is 85.2 Å². The molecule has 1 aliphatic heterocycles. The van der Waals surface area contributed by atoms with E-state index in [1.165, 1.54) is 0 Å². The van der Waals surface area contributed by atoms with Gasteiger partial charge in [0, 0.05) is 17.1 Å². The molecule has 0 aliphatic carbocycles. The molecule has 0 amide bonds. The lowest BCUT2D eigenvalue weighted by Gasteiger charge is -2.19. The molecule has 74 valence electrons. The summed E-state index contributed by atoms with van der Waals surface area (Å²) < 4.78 is 12.7. The zero-order valence-corrected chi connectivity index (χ0v) is 9.28. The molecule has 0 saturated carbocycles. The number of rotatable bonds is 2. The van der Waals surface area contributed by atoms with Gasteiger partial charge in [-0.2, -0.15) is 0 Å². The highest BCUT2D eigenvalue weighted by Gasteiger charge is 2.34. The normalized spacial score (nSPS) is 30.8. The van der Waals surface area contributed by atoms with Gasteiger partial charge in [-0.15, -0.1) is 0 Å². The van der Waals surface area contributed by atoms with Crippen molar-refractivity contribution in [3.8, 4) is 0 Å². The van der Waals surface area contributed by atoms with Crippen LogP contribution in [0.25, 0.3) is 0 Å². The second-order valence-corrected chi connectivity index (χ2v) is 6.85. The van der Waals surface area contributed by atoms with E-state index in [1.807, 2.05) is 30.3 Å². The molecule has 0 saturated heterocycles. The van der Waals surface area contributed by atoms with E-state index >= 15 is 0 Å². The van der Waals surface area contributed by atoms with Crippen molar-refractivity contribution in [2.45, 2.75) is 19.0 Å². The van der Waals surface area contributed by atoms with Gasteiger partial charge in [-0.1, -0.05) is 49.4 Å². The van der Waals surface area contributed by atoms with E-state index in [0.717, 1.165) is 17.9 Å². The molecule has 0 radical (unpaired) electrons. The molecular weight excluding hydrogens is 191 g/mol. The van der Waals surface area contributed by atoms with E-state index in [9.17, 15) is 4.57 Å². The van der Waals surface area contributed by atoms with Crippen LogP contribution in [0, 0.1) is 0 Å². The molecule has 14 heavy (non-hydrogen) atoms. The third-order valence-corrected chi connectivity index (χ3v) is 6.42. The summed E-state index contributed by atoms with van der Waals surface area (Å²) in [4.78, 5) is 0. The Kier molecular flexibility index (Phi) is 2.60. The van der Waals surface area contributed by atoms with Crippen LogP contribution in [0.5, 0.6) is 0 Å². The van der Waals surface area contributed by atoms with Crippen molar-refractivity contribution in [3.05, 3.63) is 42.5 Å². The second kappa shape index (κ2) is 3.74. The lowest BCUT2D eigenvalue weighted by molar-refractivity contribution is 0.578. The minimum absolute atomic E-state index is 0.268. The minimum atomic E-state index is -2.14. The highest BCUT2D eigenvalue weighted by atomic mass is 31.2. The molecule has 0 bridgehead atoms. The predicted octanol–water partition coefficient (Wildman–Crippen LogP) is 3.02. The van der Waals surface area contributed by atoms with Crippen molar-refractivity contribution in [1.29, 1.82) is 0 Å². The summed E-state index contributed by atoms with van der Waals surface area (Å²) in [5, 5.41) is 1.04. The second-order valence-electron chi connectivity index (χ2n) is 3.72. The van der Waals surface area contributed by atoms with Gasteiger partial charge in [-0.25, -0.2) is 0 Å². The van der Waals surface area contributed by atoms with Gasteiger partial charge in [-0.3, -0.25) is 0 Å².